The second-order valence-corrected chi connectivity index (χ2v) is 10.6. The molecule has 2 amide bonds. The molecule has 0 saturated carbocycles. The molecule has 0 spiro atoms. The summed E-state index contributed by atoms with van der Waals surface area (Å²) in [7, 11) is -4.03. The van der Waals surface area contributed by atoms with Crippen LogP contribution in [0.3, 0.4) is 0 Å². The van der Waals surface area contributed by atoms with Crippen LogP contribution >= 0.6 is 23.2 Å². The van der Waals surface area contributed by atoms with E-state index in [0.717, 1.165) is 4.31 Å². The van der Waals surface area contributed by atoms with E-state index in [4.69, 9.17) is 23.2 Å². The molecule has 3 aromatic rings. The first-order valence-electron chi connectivity index (χ1n) is 10.5. The fourth-order valence-electron chi connectivity index (χ4n) is 3.87. The van der Waals surface area contributed by atoms with Gasteiger partial charge >= 0.3 is 0 Å². The van der Waals surface area contributed by atoms with E-state index in [-0.39, 0.29) is 37.0 Å². The van der Waals surface area contributed by atoms with Crippen molar-refractivity contribution in [3.05, 3.63) is 70.3 Å². The number of aromatic nitrogens is 1. The fraction of sp³-hybridized carbons (Fsp3) is 0.261. The summed E-state index contributed by atoms with van der Waals surface area (Å²) in [5, 5.41) is 4.27. The van der Waals surface area contributed by atoms with E-state index in [0.29, 0.717) is 26.5 Å². The van der Waals surface area contributed by atoms with Gasteiger partial charge in [0.2, 0.25) is 21.8 Å². The molecule has 0 aliphatic carbocycles. The van der Waals surface area contributed by atoms with Crippen LogP contribution in [0.15, 0.2) is 59.6 Å². The van der Waals surface area contributed by atoms with E-state index in [1.165, 1.54) is 24.0 Å². The summed E-state index contributed by atoms with van der Waals surface area (Å²) < 4.78 is 28.3. The lowest BCUT2D eigenvalue weighted by Gasteiger charge is -2.39. The first-order valence-corrected chi connectivity index (χ1v) is 12.7. The number of sulfonamides is 1. The predicted molar refractivity (Wildman–Crippen MR) is 130 cm³/mol. The third-order valence-corrected chi connectivity index (χ3v) is 8.22. The van der Waals surface area contributed by atoms with Crippen LogP contribution in [-0.4, -0.2) is 60.1 Å². The zero-order valence-corrected chi connectivity index (χ0v) is 20.6. The summed E-state index contributed by atoms with van der Waals surface area (Å²) in [5.41, 5.74) is 1.30. The van der Waals surface area contributed by atoms with Crippen LogP contribution in [0.5, 0.6) is 0 Å². The molecule has 1 atom stereocenters. The van der Waals surface area contributed by atoms with E-state index in [2.05, 4.69) is 10.3 Å². The summed E-state index contributed by atoms with van der Waals surface area (Å²) in [6.45, 7) is 1.61. The number of halogens is 2. The Labute approximate surface area is 207 Å². The predicted octanol–water partition coefficient (Wildman–Crippen LogP) is 3.08. The molecule has 1 fully saturated rings. The Morgan fingerprint density at radius 3 is 2.65 bits per heavy atom. The van der Waals surface area contributed by atoms with Gasteiger partial charge in [-0.05, 0) is 42.0 Å². The topological polar surface area (TPSA) is 99.7 Å². The third kappa shape index (κ3) is 5.02. The molecule has 0 bridgehead atoms. The summed E-state index contributed by atoms with van der Waals surface area (Å²) >= 11 is 12.1. The van der Waals surface area contributed by atoms with Crippen LogP contribution in [0.2, 0.25) is 10.0 Å². The quantitative estimate of drug-likeness (QED) is 0.557. The molecule has 1 aromatic heterocycles. The minimum Gasteiger partial charge on any atom is -0.351 e. The monoisotopic (exact) mass is 520 g/mol. The number of carbonyl (C=O) groups excluding carboxylic acids is 2. The minimum absolute atomic E-state index is 0.00716. The van der Waals surface area contributed by atoms with Crippen molar-refractivity contribution in [2.75, 3.05) is 19.6 Å². The van der Waals surface area contributed by atoms with Crippen molar-refractivity contribution in [3.8, 4) is 0 Å². The van der Waals surface area contributed by atoms with Crippen LogP contribution in [0.1, 0.15) is 12.5 Å². The number of nitrogens with zero attached hydrogens (tertiary/aromatic N) is 3. The second kappa shape index (κ2) is 9.87. The van der Waals surface area contributed by atoms with Gasteiger partial charge in [0.05, 0.1) is 10.4 Å². The van der Waals surface area contributed by atoms with Crippen molar-refractivity contribution in [1.82, 2.24) is 19.5 Å². The zero-order valence-electron chi connectivity index (χ0n) is 18.2. The van der Waals surface area contributed by atoms with E-state index in [9.17, 15) is 18.0 Å². The van der Waals surface area contributed by atoms with E-state index >= 15 is 0 Å². The molecule has 2 aromatic carbocycles. The number of hydrogen-bond acceptors (Lipinski definition) is 5. The number of benzene rings is 2. The normalized spacial score (nSPS) is 17.0. The lowest BCUT2D eigenvalue weighted by atomic mass is 10.1. The first kappa shape index (κ1) is 24.4. The van der Waals surface area contributed by atoms with Crippen molar-refractivity contribution in [2.24, 2.45) is 0 Å². The molecule has 11 heteroatoms. The molecule has 4 rings (SSSR count). The number of piperazine rings is 1. The second-order valence-electron chi connectivity index (χ2n) is 7.91. The van der Waals surface area contributed by atoms with Gasteiger partial charge in [0.25, 0.3) is 0 Å². The molecule has 1 aliphatic heterocycles. The lowest BCUT2D eigenvalue weighted by Crippen LogP contribution is -2.61. The highest BCUT2D eigenvalue weighted by Crippen LogP contribution is 2.25. The minimum atomic E-state index is -4.03. The summed E-state index contributed by atoms with van der Waals surface area (Å²) in [6.07, 6.45) is 1.63. The molecular weight excluding hydrogens is 499 g/mol. The Morgan fingerprint density at radius 2 is 1.91 bits per heavy atom. The van der Waals surface area contributed by atoms with Gasteiger partial charge in [-0.1, -0.05) is 35.3 Å². The number of nitrogens with one attached hydrogen (secondary N) is 1. The zero-order chi connectivity index (χ0) is 24.5. The number of hydrogen-bond donors (Lipinski definition) is 1. The van der Waals surface area contributed by atoms with E-state index < -0.39 is 22.0 Å². The van der Waals surface area contributed by atoms with E-state index in [1.54, 1.807) is 42.6 Å². The van der Waals surface area contributed by atoms with Gasteiger partial charge < -0.3 is 10.2 Å². The van der Waals surface area contributed by atoms with Crippen LogP contribution < -0.4 is 5.32 Å². The number of carbonyl (C=O) groups is 2. The third-order valence-electron chi connectivity index (χ3n) is 5.73. The highest BCUT2D eigenvalue weighted by molar-refractivity contribution is 7.89. The van der Waals surface area contributed by atoms with Crippen LogP contribution in [0.4, 0.5) is 0 Å². The van der Waals surface area contributed by atoms with Crippen molar-refractivity contribution in [1.29, 1.82) is 0 Å². The Kier molecular flexibility index (Phi) is 7.09. The Bertz CT molecular complexity index is 1370. The van der Waals surface area contributed by atoms with Gasteiger partial charge in [0.1, 0.15) is 6.04 Å². The largest absolute Gasteiger partial charge is 0.351 e. The van der Waals surface area contributed by atoms with Gasteiger partial charge in [0.15, 0.2) is 0 Å². The number of fused-ring (bicyclic) bond motifs is 1. The SMILES string of the molecule is CC(=O)N1CCN(S(=O)(=O)c2ccc3ncccc3c2)C(C(=O)NCc2ccc(Cl)cc2Cl)C1. The molecule has 1 N–H and O–H groups in total. The number of amides is 2. The molecule has 8 nitrogen and oxygen atoms in total. The maximum Gasteiger partial charge on any atom is 0.243 e. The molecule has 1 unspecified atom stereocenters. The van der Waals surface area contributed by atoms with Gasteiger partial charge in [-0.2, -0.15) is 4.31 Å². The molecule has 178 valence electrons. The summed E-state index contributed by atoms with van der Waals surface area (Å²) in [6, 6.07) is 11.9. The molecule has 1 saturated heterocycles. The van der Waals surface area contributed by atoms with Gasteiger partial charge in [-0.25, -0.2) is 8.42 Å². The van der Waals surface area contributed by atoms with Crippen LogP contribution in [0, 0.1) is 0 Å². The molecule has 2 heterocycles. The standard InChI is InChI=1S/C23H22Cl2N4O4S/c1-15(30)28-9-10-29(34(32,33)19-6-7-21-16(11-19)3-2-8-26-21)22(14-28)23(31)27-13-17-4-5-18(24)12-20(17)25/h2-8,11-12,22H,9-10,13-14H2,1H3,(H,27,31). The fourth-order valence-corrected chi connectivity index (χ4v) is 5.95. The van der Waals surface area contributed by atoms with Gasteiger partial charge in [-0.3, -0.25) is 14.6 Å². The van der Waals surface area contributed by atoms with Crippen LogP contribution in [-0.2, 0) is 26.2 Å². The average molecular weight is 521 g/mol. The lowest BCUT2D eigenvalue weighted by molar-refractivity contribution is -0.134. The van der Waals surface area contributed by atoms with Crippen molar-refractivity contribution >= 4 is 55.9 Å². The highest BCUT2D eigenvalue weighted by atomic mass is 35.5. The number of rotatable bonds is 5. The molecular formula is C23H22Cl2N4O4S. The molecule has 1 aliphatic rings. The first-order chi connectivity index (χ1) is 16.2. The Balaban J connectivity index is 1.62. The van der Waals surface area contributed by atoms with Crippen molar-refractivity contribution < 1.29 is 18.0 Å². The van der Waals surface area contributed by atoms with Gasteiger partial charge in [0, 0.05) is 54.7 Å². The Morgan fingerprint density at radius 1 is 1.12 bits per heavy atom. The van der Waals surface area contributed by atoms with Crippen molar-refractivity contribution in [2.45, 2.75) is 24.4 Å². The summed E-state index contributed by atoms with van der Waals surface area (Å²) in [5.74, 6) is -0.754. The maximum absolute atomic E-state index is 13.6. The maximum atomic E-state index is 13.6. The number of pyridine rings is 1. The Hall–Kier alpha value is -2.72. The average Bonchev–Trinajstić information content (AvgIpc) is 2.82. The molecule has 34 heavy (non-hydrogen) atoms. The van der Waals surface area contributed by atoms with Gasteiger partial charge in [-0.15, -0.1) is 0 Å². The van der Waals surface area contributed by atoms with E-state index in [1.807, 2.05) is 0 Å². The van der Waals surface area contributed by atoms with Crippen LogP contribution in [0.25, 0.3) is 10.9 Å². The smallest absolute Gasteiger partial charge is 0.243 e. The summed E-state index contributed by atoms with van der Waals surface area (Å²) in [4.78, 5) is 30.9. The highest BCUT2D eigenvalue weighted by Gasteiger charge is 2.40. The molecule has 0 radical (unpaired) electrons. The van der Waals surface area contributed by atoms with Crippen molar-refractivity contribution in [3.63, 3.8) is 0 Å².